The van der Waals surface area contributed by atoms with E-state index in [1.165, 1.54) is 0 Å². The highest BCUT2D eigenvalue weighted by Gasteiger charge is 2.28. The van der Waals surface area contributed by atoms with E-state index in [0.717, 1.165) is 45.2 Å². The summed E-state index contributed by atoms with van der Waals surface area (Å²) < 4.78 is 0. The molecular formula is C10H17NO3. The van der Waals surface area contributed by atoms with Gasteiger partial charge >= 0.3 is 5.97 Å². The first-order valence-electron chi connectivity index (χ1n) is 5.44. The molecule has 0 amide bonds. The SMILES string of the molecule is O=C(OOC1CCNCC1)C1CCC1. The minimum absolute atomic E-state index is 0.0975. The maximum atomic E-state index is 11.3. The smallest absolute Gasteiger partial charge is 0.317 e. The normalized spacial score (nSPS) is 24.3. The van der Waals surface area contributed by atoms with Crippen molar-refractivity contribution in [2.45, 2.75) is 38.2 Å². The first kappa shape index (κ1) is 9.93. The van der Waals surface area contributed by atoms with Crippen molar-refractivity contribution in [3.8, 4) is 0 Å². The van der Waals surface area contributed by atoms with Gasteiger partial charge in [-0.3, -0.25) is 4.89 Å². The highest BCUT2D eigenvalue weighted by atomic mass is 17.2. The van der Waals surface area contributed by atoms with E-state index >= 15 is 0 Å². The lowest BCUT2D eigenvalue weighted by molar-refractivity contribution is -0.305. The van der Waals surface area contributed by atoms with Gasteiger partial charge in [0.2, 0.25) is 0 Å². The average molecular weight is 199 g/mol. The van der Waals surface area contributed by atoms with Crippen LogP contribution in [0.3, 0.4) is 0 Å². The van der Waals surface area contributed by atoms with Crippen LogP contribution < -0.4 is 5.32 Å². The van der Waals surface area contributed by atoms with Crippen molar-refractivity contribution in [2.75, 3.05) is 13.1 Å². The van der Waals surface area contributed by atoms with Crippen molar-refractivity contribution in [2.24, 2.45) is 5.92 Å². The van der Waals surface area contributed by atoms with Crippen LogP contribution in [0.25, 0.3) is 0 Å². The van der Waals surface area contributed by atoms with Crippen LogP contribution in [0.1, 0.15) is 32.1 Å². The molecule has 80 valence electrons. The van der Waals surface area contributed by atoms with E-state index in [1.54, 1.807) is 0 Å². The quantitative estimate of drug-likeness (QED) is 0.544. The Morgan fingerprint density at radius 1 is 1.14 bits per heavy atom. The Hall–Kier alpha value is -0.610. The third-order valence-electron chi connectivity index (χ3n) is 2.99. The first-order chi connectivity index (χ1) is 6.86. The lowest BCUT2D eigenvalue weighted by atomic mass is 9.86. The molecule has 1 N–H and O–H groups in total. The molecular weight excluding hydrogens is 182 g/mol. The molecule has 1 saturated carbocycles. The van der Waals surface area contributed by atoms with Crippen molar-refractivity contribution >= 4 is 5.97 Å². The van der Waals surface area contributed by atoms with Gasteiger partial charge in [-0.1, -0.05) is 6.42 Å². The van der Waals surface area contributed by atoms with Crippen LogP contribution in [0.4, 0.5) is 0 Å². The molecule has 2 rings (SSSR count). The summed E-state index contributed by atoms with van der Waals surface area (Å²) in [7, 11) is 0. The molecule has 0 unspecified atom stereocenters. The van der Waals surface area contributed by atoms with E-state index in [2.05, 4.69) is 5.32 Å². The van der Waals surface area contributed by atoms with Gasteiger partial charge in [0, 0.05) is 0 Å². The van der Waals surface area contributed by atoms with Crippen LogP contribution in [-0.2, 0) is 14.6 Å². The summed E-state index contributed by atoms with van der Waals surface area (Å²) in [5.74, 6) is -0.0634. The Labute approximate surface area is 83.9 Å². The number of carbonyl (C=O) groups is 1. The zero-order valence-electron chi connectivity index (χ0n) is 8.33. The summed E-state index contributed by atoms with van der Waals surface area (Å²) in [5.41, 5.74) is 0. The minimum Gasteiger partial charge on any atom is -0.317 e. The lowest BCUT2D eigenvalue weighted by Crippen LogP contribution is -2.34. The zero-order valence-corrected chi connectivity index (χ0v) is 8.33. The Bertz CT molecular complexity index is 198. The van der Waals surface area contributed by atoms with Crippen LogP contribution in [0.15, 0.2) is 0 Å². The monoisotopic (exact) mass is 199 g/mol. The molecule has 1 aliphatic heterocycles. The van der Waals surface area contributed by atoms with Gasteiger partial charge in [-0.05, 0) is 38.8 Å². The molecule has 0 aromatic heterocycles. The third kappa shape index (κ3) is 2.45. The minimum atomic E-state index is -0.171. The van der Waals surface area contributed by atoms with Crippen LogP contribution >= 0.6 is 0 Å². The number of piperidine rings is 1. The molecule has 0 aromatic carbocycles. The number of nitrogens with one attached hydrogen (secondary N) is 1. The van der Waals surface area contributed by atoms with Gasteiger partial charge in [0.15, 0.2) is 0 Å². The van der Waals surface area contributed by atoms with Crippen LogP contribution in [0, 0.1) is 5.92 Å². The summed E-state index contributed by atoms with van der Waals surface area (Å²) in [6, 6.07) is 0. The van der Waals surface area contributed by atoms with Gasteiger partial charge in [-0.25, -0.2) is 4.79 Å². The van der Waals surface area contributed by atoms with Crippen LogP contribution in [-0.4, -0.2) is 25.2 Å². The predicted octanol–water partition coefficient (Wildman–Crippen LogP) is 1.01. The largest absolute Gasteiger partial charge is 0.345 e. The molecule has 2 fully saturated rings. The summed E-state index contributed by atoms with van der Waals surface area (Å²) >= 11 is 0. The molecule has 4 heteroatoms. The van der Waals surface area contributed by atoms with Gasteiger partial charge in [-0.15, -0.1) is 0 Å². The summed E-state index contributed by atoms with van der Waals surface area (Å²) in [6.45, 7) is 1.90. The molecule has 2 aliphatic rings. The van der Waals surface area contributed by atoms with Crippen molar-refractivity contribution in [1.82, 2.24) is 5.32 Å². The highest BCUT2D eigenvalue weighted by Crippen LogP contribution is 2.27. The lowest BCUT2D eigenvalue weighted by Gasteiger charge is -2.25. The van der Waals surface area contributed by atoms with Crippen molar-refractivity contribution in [3.63, 3.8) is 0 Å². The van der Waals surface area contributed by atoms with E-state index in [-0.39, 0.29) is 18.0 Å². The Kier molecular flexibility index (Phi) is 3.37. The molecule has 0 atom stereocenters. The standard InChI is InChI=1S/C10H17NO3/c12-10(8-2-1-3-8)14-13-9-4-6-11-7-5-9/h8-9,11H,1-7H2. The van der Waals surface area contributed by atoms with E-state index in [0.29, 0.717) is 0 Å². The molecule has 1 aliphatic carbocycles. The highest BCUT2D eigenvalue weighted by molar-refractivity contribution is 5.72. The van der Waals surface area contributed by atoms with Gasteiger partial charge in [0.25, 0.3) is 0 Å². The number of carbonyl (C=O) groups excluding carboxylic acids is 1. The third-order valence-corrected chi connectivity index (χ3v) is 2.99. The van der Waals surface area contributed by atoms with Crippen molar-refractivity contribution < 1.29 is 14.6 Å². The van der Waals surface area contributed by atoms with E-state index in [1.807, 2.05) is 0 Å². The Morgan fingerprint density at radius 2 is 1.86 bits per heavy atom. The molecule has 0 radical (unpaired) electrons. The fourth-order valence-corrected chi connectivity index (χ4v) is 1.72. The zero-order chi connectivity index (χ0) is 9.80. The topological polar surface area (TPSA) is 47.6 Å². The Balaban J connectivity index is 1.62. The molecule has 14 heavy (non-hydrogen) atoms. The molecule has 1 saturated heterocycles. The number of hydrogen-bond acceptors (Lipinski definition) is 4. The predicted molar refractivity (Wildman–Crippen MR) is 50.4 cm³/mol. The van der Waals surface area contributed by atoms with Gasteiger partial charge in [0.05, 0.1) is 5.92 Å². The average Bonchev–Trinajstić information content (AvgIpc) is 2.14. The molecule has 1 heterocycles. The summed E-state index contributed by atoms with van der Waals surface area (Å²) in [5, 5.41) is 3.23. The summed E-state index contributed by atoms with van der Waals surface area (Å²) in [4.78, 5) is 21.2. The van der Waals surface area contributed by atoms with Crippen molar-refractivity contribution in [1.29, 1.82) is 0 Å². The van der Waals surface area contributed by atoms with E-state index in [4.69, 9.17) is 9.78 Å². The maximum Gasteiger partial charge on any atom is 0.345 e. The van der Waals surface area contributed by atoms with Gasteiger partial charge in [0.1, 0.15) is 6.10 Å². The molecule has 0 bridgehead atoms. The van der Waals surface area contributed by atoms with E-state index < -0.39 is 0 Å². The first-order valence-corrected chi connectivity index (χ1v) is 5.44. The second kappa shape index (κ2) is 4.75. The van der Waals surface area contributed by atoms with Crippen molar-refractivity contribution in [3.05, 3.63) is 0 Å². The number of hydrogen-bond donors (Lipinski definition) is 1. The second-order valence-corrected chi connectivity index (χ2v) is 4.08. The number of rotatable bonds is 3. The molecule has 4 nitrogen and oxygen atoms in total. The van der Waals surface area contributed by atoms with Crippen LogP contribution in [0.5, 0.6) is 0 Å². The van der Waals surface area contributed by atoms with Gasteiger partial charge in [-0.2, -0.15) is 4.89 Å². The Morgan fingerprint density at radius 3 is 2.43 bits per heavy atom. The molecule has 0 spiro atoms. The van der Waals surface area contributed by atoms with Crippen LogP contribution in [0.2, 0.25) is 0 Å². The fraction of sp³-hybridized carbons (Fsp3) is 0.900. The molecule has 0 aromatic rings. The second-order valence-electron chi connectivity index (χ2n) is 4.08. The fourth-order valence-electron chi connectivity index (χ4n) is 1.72. The maximum absolute atomic E-state index is 11.3. The summed E-state index contributed by atoms with van der Waals surface area (Å²) in [6.07, 6.45) is 5.03. The van der Waals surface area contributed by atoms with Gasteiger partial charge < -0.3 is 5.32 Å². The van der Waals surface area contributed by atoms with E-state index in [9.17, 15) is 4.79 Å².